The highest BCUT2D eigenvalue weighted by molar-refractivity contribution is 7.89. The number of fused-ring (bicyclic) bond motifs is 1. The smallest absolute Gasteiger partial charge is 0.243 e. The molecule has 2 aliphatic rings. The molecule has 0 bridgehead atoms. The van der Waals surface area contributed by atoms with Gasteiger partial charge in [-0.15, -0.1) is 0 Å². The third-order valence-corrected chi connectivity index (χ3v) is 7.55. The summed E-state index contributed by atoms with van der Waals surface area (Å²) in [7, 11) is -2.20. The predicted molar refractivity (Wildman–Crippen MR) is 101 cm³/mol. The highest BCUT2D eigenvalue weighted by atomic mass is 32.2. The summed E-state index contributed by atoms with van der Waals surface area (Å²) >= 11 is 0. The predicted octanol–water partition coefficient (Wildman–Crippen LogP) is 1.67. The molecule has 2 atom stereocenters. The molecule has 7 heteroatoms. The molecule has 0 saturated carbocycles. The van der Waals surface area contributed by atoms with Crippen molar-refractivity contribution in [3.63, 3.8) is 0 Å². The van der Waals surface area contributed by atoms with Crippen molar-refractivity contribution in [1.29, 1.82) is 0 Å². The Morgan fingerprint density at radius 3 is 2.69 bits per heavy atom. The van der Waals surface area contributed by atoms with Gasteiger partial charge in [0.25, 0.3) is 0 Å². The molecule has 1 N–H and O–H groups in total. The van der Waals surface area contributed by atoms with Crippen molar-refractivity contribution in [2.24, 2.45) is 0 Å². The zero-order valence-electron chi connectivity index (χ0n) is 15.9. The van der Waals surface area contributed by atoms with E-state index in [9.17, 15) is 13.2 Å². The third-order valence-electron chi connectivity index (χ3n) is 5.76. The molecule has 0 unspecified atom stereocenters. The van der Waals surface area contributed by atoms with Crippen molar-refractivity contribution in [2.75, 3.05) is 26.7 Å². The Morgan fingerprint density at radius 1 is 1.19 bits per heavy atom. The van der Waals surface area contributed by atoms with Crippen LogP contribution in [0.5, 0.6) is 0 Å². The molecule has 0 spiro atoms. The van der Waals surface area contributed by atoms with Gasteiger partial charge >= 0.3 is 0 Å². The SMILES string of the molecule is Cc1ccc(S(=O)(=O)N(C)CC(=O)N[C@H]2CCN3CCCC[C@@H]23)cc1C. The van der Waals surface area contributed by atoms with Crippen molar-refractivity contribution in [1.82, 2.24) is 14.5 Å². The van der Waals surface area contributed by atoms with Crippen molar-refractivity contribution in [2.45, 2.75) is 56.5 Å². The minimum atomic E-state index is -3.67. The van der Waals surface area contributed by atoms with Gasteiger partial charge in [0.1, 0.15) is 0 Å². The van der Waals surface area contributed by atoms with E-state index in [1.54, 1.807) is 18.2 Å². The van der Waals surface area contributed by atoms with Gasteiger partial charge in [0, 0.05) is 25.7 Å². The molecule has 1 aromatic rings. The Hall–Kier alpha value is -1.44. The van der Waals surface area contributed by atoms with Crippen LogP contribution in [-0.2, 0) is 14.8 Å². The first kappa shape index (κ1) is 19.3. The molecule has 0 aliphatic carbocycles. The Bertz CT molecular complexity index is 778. The van der Waals surface area contributed by atoms with Gasteiger partial charge in [-0.1, -0.05) is 12.5 Å². The van der Waals surface area contributed by atoms with Gasteiger partial charge in [-0.05, 0) is 62.9 Å². The number of rotatable bonds is 5. The average molecular weight is 380 g/mol. The summed E-state index contributed by atoms with van der Waals surface area (Å²) in [5, 5.41) is 3.07. The van der Waals surface area contributed by atoms with Gasteiger partial charge in [-0.3, -0.25) is 9.69 Å². The number of nitrogens with one attached hydrogen (secondary N) is 1. The van der Waals surface area contributed by atoms with Crippen molar-refractivity contribution < 1.29 is 13.2 Å². The first-order valence-electron chi connectivity index (χ1n) is 9.36. The summed E-state index contributed by atoms with van der Waals surface area (Å²) in [5.74, 6) is -0.225. The van der Waals surface area contributed by atoms with E-state index < -0.39 is 10.0 Å². The Morgan fingerprint density at radius 2 is 1.96 bits per heavy atom. The van der Waals surface area contributed by atoms with Crippen LogP contribution in [0.25, 0.3) is 0 Å². The largest absolute Gasteiger partial charge is 0.351 e. The van der Waals surface area contributed by atoms with E-state index in [1.807, 2.05) is 13.8 Å². The molecule has 0 aromatic heterocycles. The van der Waals surface area contributed by atoms with Crippen molar-refractivity contribution >= 4 is 15.9 Å². The molecule has 144 valence electrons. The summed E-state index contributed by atoms with van der Waals surface area (Å²) in [6.07, 6.45) is 4.49. The number of sulfonamides is 1. The van der Waals surface area contributed by atoms with Crippen LogP contribution < -0.4 is 5.32 Å². The Balaban J connectivity index is 1.62. The highest BCUT2D eigenvalue weighted by Crippen LogP contribution is 2.27. The first-order valence-corrected chi connectivity index (χ1v) is 10.8. The second-order valence-corrected chi connectivity index (χ2v) is 9.61. The number of carbonyl (C=O) groups is 1. The van der Waals surface area contributed by atoms with Crippen molar-refractivity contribution in [3.05, 3.63) is 29.3 Å². The lowest BCUT2D eigenvalue weighted by atomic mass is 9.99. The summed E-state index contributed by atoms with van der Waals surface area (Å²) < 4.78 is 26.6. The fourth-order valence-corrected chi connectivity index (χ4v) is 5.22. The molecule has 2 heterocycles. The molecule has 0 radical (unpaired) electrons. The molecule has 1 amide bonds. The van der Waals surface area contributed by atoms with Gasteiger partial charge in [-0.2, -0.15) is 4.31 Å². The maximum atomic E-state index is 12.7. The van der Waals surface area contributed by atoms with Gasteiger partial charge in [0.05, 0.1) is 11.4 Å². The van der Waals surface area contributed by atoms with E-state index in [0.717, 1.165) is 41.4 Å². The maximum absolute atomic E-state index is 12.7. The Kier molecular flexibility index (Phi) is 5.69. The van der Waals surface area contributed by atoms with Gasteiger partial charge in [0.2, 0.25) is 15.9 Å². The van der Waals surface area contributed by atoms with E-state index in [1.165, 1.54) is 19.9 Å². The molecular formula is C19H29N3O3S. The number of carbonyl (C=O) groups excluding carboxylic acids is 1. The number of aryl methyl sites for hydroxylation is 2. The van der Waals surface area contributed by atoms with Crippen LogP contribution in [-0.4, -0.2) is 62.3 Å². The molecule has 6 nitrogen and oxygen atoms in total. The van der Waals surface area contributed by atoms with Crippen LogP contribution in [0, 0.1) is 13.8 Å². The van der Waals surface area contributed by atoms with Gasteiger partial charge in [0.15, 0.2) is 0 Å². The lowest BCUT2D eigenvalue weighted by Gasteiger charge is -2.32. The second kappa shape index (κ2) is 7.66. The van der Waals surface area contributed by atoms with Crippen LogP contribution in [0.4, 0.5) is 0 Å². The second-order valence-electron chi connectivity index (χ2n) is 7.57. The zero-order chi connectivity index (χ0) is 18.9. The third kappa shape index (κ3) is 3.94. The quantitative estimate of drug-likeness (QED) is 0.845. The fraction of sp³-hybridized carbons (Fsp3) is 0.632. The molecule has 1 aromatic carbocycles. The van der Waals surface area contributed by atoms with E-state index >= 15 is 0 Å². The van der Waals surface area contributed by atoms with Gasteiger partial charge in [-0.25, -0.2) is 8.42 Å². The van der Waals surface area contributed by atoms with E-state index in [2.05, 4.69) is 10.2 Å². The molecule has 2 saturated heterocycles. The fourth-order valence-electron chi connectivity index (χ4n) is 4.01. The summed E-state index contributed by atoms with van der Waals surface area (Å²) in [5.41, 5.74) is 1.97. The highest BCUT2D eigenvalue weighted by Gasteiger charge is 2.36. The summed E-state index contributed by atoms with van der Waals surface area (Å²) in [4.78, 5) is 15.1. The minimum absolute atomic E-state index is 0.139. The molecule has 26 heavy (non-hydrogen) atoms. The molecular weight excluding hydrogens is 350 g/mol. The summed E-state index contributed by atoms with van der Waals surface area (Å²) in [6, 6.07) is 5.61. The molecule has 3 rings (SSSR count). The Labute approximate surface area is 156 Å². The van der Waals surface area contributed by atoms with Crippen LogP contribution in [0.15, 0.2) is 23.1 Å². The van der Waals surface area contributed by atoms with Crippen LogP contribution in [0.1, 0.15) is 36.8 Å². The van der Waals surface area contributed by atoms with E-state index in [-0.39, 0.29) is 23.4 Å². The molecule has 2 aliphatic heterocycles. The number of amides is 1. The van der Waals surface area contributed by atoms with E-state index in [4.69, 9.17) is 0 Å². The standard InChI is InChI=1S/C19H29N3O3S/c1-14-7-8-16(12-15(14)2)26(24,25)21(3)13-19(23)20-17-9-11-22-10-5-4-6-18(17)22/h7-8,12,17-18H,4-6,9-11,13H2,1-3H3,(H,20,23)/t17-,18-/m0/s1. The van der Waals surface area contributed by atoms with Crippen LogP contribution in [0.3, 0.4) is 0 Å². The van der Waals surface area contributed by atoms with Crippen LogP contribution >= 0.6 is 0 Å². The lowest BCUT2D eigenvalue weighted by molar-refractivity contribution is -0.122. The maximum Gasteiger partial charge on any atom is 0.243 e. The monoisotopic (exact) mass is 379 g/mol. The van der Waals surface area contributed by atoms with Crippen molar-refractivity contribution in [3.8, 4) is 0 Å². The topological polar surface area (TPSA) is 69.7 Å². The lowest BCUT2D eigenvalue weighted by Crippen LogP contribution is -2.49. The van der Waals surface area contributed by atoms with Crippen LogP contribution in [0.2, 0.25) is 0 Å². The number of piperidine rings is 1. The number of likely N-dealkylation sites (N-methyl/N-ethyl adjacent to an activating group) is 1. The first-order chi connectivity index (χ1) is 12.3. The number of hydrogen-bond donors (Lipinski definition) is 1. The zero-order valence-corrected chi connectivity index (χ0v) is 16.7. The van der Waals surface area contributed by atoms with Gasteiger partial charge < -0.3 is 5.32 Å². The summed E-state index contributed by atoms with van der Waals surface area (Å²) in [6.45, 7) is 5.80. The molecule has 2 fully saturated rings. The number of benzene rings is 1. The average Bonchev–Trinajstić information content (AvgIpc) is 3.00. The number of nitrogens with zero attached hydrogens (tertiary/aromatic N) is 2. The number of hydrogen-bond acceptors (Lipinski definition) is 4. The minimum Gasteiger partial charge on any atom is -0.351 e. The normalized spacial score (nSPS) is 23.8. The van der Waals surface area contributed by atoms with E-state index in [0.29, 0.717) is 6.04 Å².